The van der Waals surface area contributed by atoms with Crippen molar-refractivity contribution in [1.82, 2.24) is 19.7 Å². The average Bonchev–Trinajstić information content (AvgIpc) is 2.79. The lowest BCUT2D eigenvalue weighted by Gasteiger charge is -2.19. The molecular formula is C14H17ClN4O3. The summed E-state index contributed by atoms with van der Waals surface area (Å²) in [6.45, 7) is 6.98. The van der Waals surface area contributed by atoms with Gasteiger partial charge in [-0.1, -0.05) is 11.6 Å². The van der Waals surface area contributed by atoms with Crippen LogP contribution in [0.15, 0.2) is 18.6 Å². The SMILES string of the molecule is Cc1cc(C(O)c2cncnc2Cl)nn1C(=O)OC(C)(C)C. The van der Waals surface area contributed by atoms with Crippen LogP contribution in [0, 0.1) is 6.92 Å². The fourth-order valence-electron chi connectivity index (χ4n) is 1.79. The molecule has 2 aromatic rings. The van der Waals surface area contributed by atoms with E-state index in [1.807, 2.05) is 0 Å². The summed E-state index contributed by atoms with van der Waals surface area (Å²) in [5, 5.41) is 14.6. The monoisotopic (exact) mass is 324 g/mol. The van der Waals surface area contributed by atoms with E-state index >= 15 is 0 Å². The number of carbonyl (C=O) groups excluding carboxylic acids is 1. The van der Waals surface area contributed by atoms with Gasteiger partial charge in [-0.2, -0.15) is 9.78 Å². The second kappa shape index (κ2) is 6.02. The summed E-state index contributed by atoms with van der Waals surface area (Å²) < 4.78 is 6.35. The van der Waals surface area contributed by atoms with Gasteiger partial charge in [0.05, 0.1) is 5.69 Å². The molecular weight excluding hydrogens is 308 g/mol. The molecule has 22 heavy (non-hydrogen) atoms. The molecule has 1 N–H and O–H groups in total. The van der Waals surface area contributed by atoms with Gasteiger partial charge >= 0.3 is 6.09 Å². The largest absolute Gasteiger partial charge is 0.442 e. The molecule has 0 saturated carbocycles. The van der Waals surface area contributed by atoms with Crippen LogP contribution in [0.3, 0.4) is 0 Å². The van der Waals surface area contributed by atoms with Crippen LogP contribution in [-0.2, 0) is 4.74 Å². The number of aliphatic hydroxyl groups is 1. The second-order valence-electron chi connectivity index (χ2n) is 5.77. The number of nitrogens with zero attached hydrogens (tertiary/aromatic N) is 4. The Labute approximate surface area is 132 Å². The van der Waals surface area contributed by atoms with Gasteiger partial charge in [0, 0.05) is 17.5 Å². The van der Waals surface area contributed by atoms with Crippen LogP contribution < -0.4 is 0 Å². The average molecular weight is 325 g/mol. The number of rotatable bonds is 2. The van der Waals surface area contributed by atoms with Crippen LogP contribution in [-0.4, -0.2) is 36.5 Å². The highest BCUT2D eigenvalue weighted by Crippen LogP contribution is 2.25. The minimum atomic E-state index is -1.13. The molecule has 0 aliphatic rings. The summed E-state index contributed by atoms with van der Waals surface area (Å²) in [7, 11) is 0. The highest BCUT2D eigenvalue weighted by atomic mass is 35.5. The fraction of sp³-hybridized carbons (Fsp3) is 0.429. The first kappa shape index (κ1) is 16.4. The number of aliphatic hydroxyl groups excluding tert-OH is 1. The van der Waals surface area contributed by atoms with Gasteiger partial charge in [0.25, 0.3) is 0 Å². The fourth-order valence-corrected chi connectivity index (χ4v) is 1.99. The van der Waals surface area contributed by atoms with Crippen molar-refractivity contribution in [1.29, 1.82) is 0 Å². The van der Waals surface area contributed by atoms with Crippen molar-refractivity contribution >= 4 is 17.7 Å². The second-order valence-corrected chi connectivity index (χ2v) is 6.13. The molecule has 118 valence electrons. The summed E-state index contributed by atoms with van der Waals surface area (Å²) in [6.07, 6.45) is 0.945. The zero-order valence-electron chi connectivity index (χ0n) is 12.7. The van der Waals surface area contributed by atoms with Gasteiger partial charge in [-0.15, -0.1) is 0 Å². The van der Waals surface area contributed by atoms with Crippen molar-refractivity contribution in [3.8, 4) is 0 Å². The number of ether oxygens (including phenoxy) is 1. The summed E-state index contributed by atoms with van der Waals surface area (Å²) in [5.74, 6) is 0. The van der Waals surface area contributed by atoms with E-state index < -0.39 is 17.8 Å². The van der Waals surface area contributed by atoms with Crippen LogP contribution in [0.5, 0.6) is 0 Å². The molecule has 8 heteroatoms. The molecule has 2 aromatic heterocycles. The number of halogens is 1. The maximum Gasteiger partial charge on any atom is 0.435 e. The summed E-state index contributed by atoms with van der Waals surface area (Å²) in [4.78, 5) is 19.7. The Morgan fingerprint density at radius 2 is 2.14 bits per heavy atom. The zero-order chi connectivity index (χ0) is 16.5. The van der Waals surface area contributed by atoms with Gasteiger partial charge in [0.15, 0.2) is 0 Å². The molecule has 0 amide bonds. The highest BCUT2D eigenvalue weighted by Gasteiger charge is 2.24. The Balaban J connectivity index is 2.30. The lowest BCUT2D eigenvalue weighted by Crippen LogP contribution is -2.28. The third kappa shape index (κ3) is 3.61. The van der Waals surface area contributed by atoms with Gasteiger partial charge in [0.1, 0.15) is 23.2 Å². The van der Waals surface area contributed by atoms with Gasteiger partial charge < -0.3 is 9.84 Å². The number of hydrogen-bond donors (Lipinski definition) is 1. The van der Waals surface area contributed by atoms with Gasteiger partial charge in [-0.25, -0.2) is 14.8 Å². The van der Waals surface area contributed by atoms with E-state index in [9.17, 15) is 9.90 Å². The zero-order valence-corrected chi connectivity index (χ0v) is 13.5. The molecule has 2 rings (SSSR count). The van der Waals surface area contributed by atoms with Crippen LogP contribution in [0.4, 0.5) is 4.79 Å². The number of aromatic nitrogens is 4. The Morgan fingerprint density at radius 3 is 2.73 bits per heavy atom. The van der Waals surface area contributed by atoms with Crippen molar-refractivity contribution in [2.75, 3.05) is 0 Å². The predicted molar refractivity (Wildman–Crippen MR) is 79.7 cm³/mol. The molecule has 0 saturated heterocycles. The highest BCUT2D eigenvalue weighted by molar-refractivity contribution is 6.30. The van der Waals surface area contributed by atoms with Crippen LogP contribution in [0.1, 0.15) is 43.8 Å². The first-order chi connectivity index (χ1) is 10.2. The minimum Gasteiger partial charge on any atom is -0.442 e. The molecule has 0 spiro atoms. The standard InChI is InChI=1S/C14H17ClN4O3/c1-8-5-10(11(20)9-6-16-7-17-12(9)15)18-19(8)13(21)22-14(2,3)4/h5-7,11,20H,1-4H3. The predicted octanol–water partition coefficient (Wildman–Crippen LogP) is 2.50. The maximum atomic E-state index is 12.1. The first-order valence-corrected chi connectivity index (χ1v) is 7.00. The molecule has 0 aromatic carbocycles. The summed E-state index contributed by atoms with van der Waals surface area (Å²) in [5.41, 5.74) is 0.486. The Morgan fingerprint density at radius 1 is 1.45 bits per heavy atom. The quantitative estimate of drug-likeness (QED) is 0.853. The topological polar surface area (TPSA) is 90.1 Å². The Bertz CT molecular complexity index is 694. The molecule has 1 atom stereocenters. The molecule has 0 bridgehead atoms. The Kier molecular flexibility index (Phi) is 4.48. The lowest BCUT2D eigenvalue weighted by atomic mass is 10.1. The maximum absolute atomic E-state index is 12.1. The summed E-state index contributed by atoms with van der Waals surface area (Å²) in [6, 6.07) is 1.58. The first-order valence-electron chi connectivity index (χ1n) is 6.62. The molecule has 0 aliphatic carbocycles. The van der Waals surface area contributed by atoms with E-state index in [0.717, 1.165) is 4.68 Å². The van der Waals surface area contributed by atoms with E-state index in [4.69, 9.17) is 16.3 Å². The van der Waals surface area contributed by atoms with Crippen molar-refractivity contribution in [3.05, 3.63) is 40.7 Å². The van der Waals surface area contributed by atoms with E-state index in [1.165, 1.54) is 12.5 Å². The molecule has 2 heterocycles. The van der Waals surface area contributed by atoms with E-state index in [1.54, 1.807) is 33.8 Å². The molecule has 0 aliphatic heterocycles. The van der Waals surface area contributed by atoms with Crippen LogP contribution in [0.2, 0.25) is 5.15 Å². The van der Waals surface area contributed by atoms with Crippen molar-refractivity contribution in [3.63, 3.8) is 0 Å². The number of hydrogen-bond acceptors (Lipinski definition) is 6. The lowest BCUT2D eigenvalue weighted by molar-refractivity contribution is 0.0509. The van der Waals surface area contributed by atoms with E-state index in [0.29, 0.717) is 11.3 Å². The van der Waals surface area contributed by atoms with Crippen molar-refractivity contribution in [2.24, 2.45) is 0 Å². The third-order valence-corrected chi connectivity index (χ3v) is 3.05. The van der Waals surface area contributed by atoms with E-state index in [2.05, 4.69) is 15.1 Å². The number of aryl methyl sites for hydroxylation is 1. The molecule has 1 unspecified atom stereocenters. The minimum absolute atomic E-state index is 0.131. The smallest absolute Gasteiger partial charge is 0.435 e. The molecule has 7 nitrogen and oxygen atoms in total. The van der Waals surface area contributed by atoms with Gasteiger partial charge in [-0.3, -0.25) is 0 Å². The van der Waals surface area contributed by atoms with E-state index in [-0.39, 0.29) is 10.8 Å². The number of carbonyl (C=O) groups is 1. The van der Waals surface area contributed by atoms with Gasteiger partial charge in [-0.05, 0) is 33.8 Å². The normalized spacial score (nSPS) is 13.0. The van der Waals surface area contributed by atoms with Crippen molar-refractivity contribution in [2.45, 2.75) is 39.4 Å². The Hall–Kier alpha value is -1.99. The third-order valence-electron chi connectivity index (χ3n) is 2.74. The van der Waals surface area contributed by atoms with Gasteiger partial charge in [0.2, 0.25) is 0 Å². The molecule has 0 fully saturated rings. The van der Waals surface area contributed by atoms with Crippen molar-refractivity contribution < 1.29 is 14.6 Å². The molecule has 0 radical (unpaired) electrons. The summed E-state index contributed by atoms with van der Waals surface area (Å²) >= 11 is 5.93. The van der Waals surface area contributed by atoms with Crippen LogP contribution >= 0.6 is 11.6 Å². The van der Waals surface area contributed by atoms with Crippen LogP contribution in [0.25, 0.3) is 0 Å².